The molecule has 0 aliphatic carbocycles. The number of rotatable bonds is 2. The fourth-order valence-corrected chi connectivity index (χ4v) is 3.17. The molecule has 21 heavy (non-hydrogen) atoms. The van der Waals surface area contributed by atoms with Crippen LogP contribution >= 0.6 is 0 Å². The van der Waals surface area contributed by atoms with Gasteiger partial charge in [-0.05, 0) is 43.5 Å². The molecule has 1 aromatic carbocycles. The van der Waals surface area contributed by atoms with E-state index in [1.165, 1.54) is 0 Å². The Morgan fingerprint density at radius 2 is 2.10 bits per heavy atom. The first kappa shape index (κ1) is 14.1. The monoisotopic (exact) mass is 288 g/mol. The predicted octanol–water partition coefficient (Wildman–Crippen LogP) is 1.81. The van der Waals surface area contributed by atoms with Crippen molar-refractivity contribution in [1.82, 2.24) is 5.32 Å². The molecule has 0 radical (unpaired) electrons. The summed E-state index contributed by atoms with van der Waals surface area (Å²) in [5.74, 6) is -0.872. The quantitative estimate of drug-likeness (QED) is 0.870. The maximum atomic E-state index is 12.7. The Labute approximate surface area is 123 Å². The van der Waals surface area contributed by atoms with Crippen molar-refractivity contribution >= 4 is 17.6 Å². The molecule has 2 N–H and O–H groups in total. The highest BCUT2D eigenvalue weighted by atomic mass is 16.4. The average molecular weight is 288 g/mol. The van der Waals surface area contributed by atoms with Gasteiger partial charge in [0.25, 0.3) is 0 Å². The number of carboxylic acids is 1. The van der Waals surface area contributed by atoms with E-state index in [0.717, 1.165) is 49.9 Å². The molecule has 2 aliphatic rings. The molecule has 0 bridgehead atoms. The van der Waals surface area contributed by atoms with Crippen LogP contribution in [-0.2, 0) is 11.2 Å². The molecule has 1 unspecified atom stereocenters. The largest absolute Gasteiger partial charge is 0.478 e. The van der Waals surface area contributed by atoms with Crippen molar-refractivity contribution in [2.75, 3.05) is 18.0 Å². The Hall–Kier alpha value is -1.88. The van der Waals surface area contributed by atoms with Gasteiger partial charge in [0, 0.05) is 12.2 Å². The van der Waals surface area contributed by atoms with Gasteiger partial charge in [0.2, 0.25) is 5.91 Å². The Kier molecular flexibility index (Phi) is 3.92. The fraction of sp³-hybridized carbons (Fsp3) is 0.500. The fourth-order valence-electron chi connectivity index (χ4n) is 3.17. The second-order valence-electron chi connectivity index (χ2n) is 5.74. The van der Waals surface area contributed by atoms with Gasteiger partial charge in [0.05, 0.1) is 11.6 Å². The first-order valence-electron chi connectivity index (χ1n) is 7.58. The molecule has 2 heterocycles. The SMILES string of the molecule is O=C(O)c1ccc2c(c1)N(C(=O)C1CCCCCN1)CC2. The number of nitrogens with zero attached hydrogens (tertiary/aromatic N) is 1. The number of hydrogen-bond acceptors (Lipinski definition) is 3. The third-order valence-electron chi connectivity index (χ3n) is 4.35. The number of carboxylic acid groups (broad SMARTS) is 1. The highest BCUT2D eigenvalue weighted by Crippen LogP contribution is 2.30. The van der Waals surface area contributed by atoms with Crippen LogP contribution in [0.3, 0.4) is 0 Å². The number of fused-ring (bicyclic) bond motifs is 1. The Bertz CT molecular complexity index is 563. The molecule has 3 rings (SSSR count). The molecule has 0 aromatic heterocycles. The molecule has 0 saturated carbocycles. The minimum absolute atomic E-state index is 0.0817. The van der Waals surface area contributed by atoms with Crippen molar-refractivity contribution in [2.45, 2.75) is 38.1 Å². The van der Waals surface area contributed by atoms with Crippen molar-refractivity contribution in [3.8, 4) is 0 Å². The van der Waals surface area contributed by atoms with Crippen molar-refractivity contribution in [3.63, 3.8) is 0 Å². The lowest BCUT2D eigenvalue weighted by atomic mass is 10.1. The maximum Gasteiger partial charge on any atom is 0.335 e. The standard InChI is InChI=1S/C16H20N2O3/c19-15(13-4-2-1-3-8-17-13)18-9-7-11-5-6-12(16(20)21)10-14(11)18/h5-6,10,13,17H,1-4,7-9H2,(H,20,21). The maximum absolute atomic E-state index is 12.7. The van der Waals surface area contributed by atoms with Gasteiger partial charge < -0.3 is 15.3 Å². The summed E-state index contributed by atoms with van der Waals surface area (Å²) < 4.78 is 0. The molecule has 1 saturated heterocycles. The zero-order valence-electron chi connectivity index (χ0n) is 12.0. The van der Waals surface area contributed by atoms with Crippen molar-refractivity contribution in [3.05, 3.63) is 29.3 Å². The molecule has 1 fully saturated rings. The number of nitrogens with one attached hydrogen (secondary N) is 1. The summed E-state index contributed by atoms with van der Waals surface area (Å²) in [6.07, 6.45) is 5.01. The van der Waals surface area contributed by atoms with Gasteiger partial charge >= 0.3 is 5.97 Å². The second kappa shape index (κ2) is 5.85. The van der Waals surface area contributed by atoms with E-state index in [1.807, 2.05) is 6.07 Å². The molecule has 0 spiro atoms. The van der Waals surface area contributed by atoms with E-state index in [2.05, 4.69) is 5.32 Å². The van der Waals surface area contributed by atoms with Crippen LogP contribution in [0.1, 0.15) is 41.6 Å². The molecule has 112 valence electrons. The minimum Gasteiger partial charge on any atom is -0.478 e. The van der Waals surface area contributed by atoms with Crippen molar-refractivity contribution in [1.29, 1.82) is 0 Å². The van der Waals surface area contributed by atoms with Gasteiger partial charge in [0.15, 0.2) is 0 Å². The van der Waals surface area contributed by atoms with Gasteiger partial charge in [-0.2, -0.15) is 0 Å². The summed E-state index contributed by atoms with van der Waals surface area (Å²) in [7, 11) is 0. The normalized spacial score (nSPS) is 21.7. The zero-order chi connectivity index (χ0) is 14.8. The number of aromatic carboxylic acids is 1. The van der Waals surface area contributed by atoms with Crippen molar-refractivity contribution in [2.24, 2.45) is 0 Å². The molecule has 2 aliphatic heterocycles. The van der Waals surface area contributed by atoms with E-state index in [-0.39, 0.29) is 17.5 Å². The Morgan fingerprint density at radius 1 is 1.24 bits per heavy atom. The summed E-state index contributed by atoms with van der Waals surface area (Å²) in [6.45, 7) is 1.53. The van der Waals surface area contributed by atoms with Crippen LogP contribution in [0.15, 0.2) is 18.2 Å². The molecule has 1 atom stereocenters. The number of carbonyl (C=O) groups excluding carboxylic acids is 1. The molecular weight excluding hydrogens is 268 g/mol. The van der Waals surface area contributed by atoms with E-state index in [0.29, 0.717) is 6.54 Å². The van der Waals surface area contributed by atoms with E-state index >= 15 is 0 Å². The number of anilines is 1. The Balaban J connectivity index is 1.83. The van der Waals surface area contributed by atoms with Gasteiger partial charge in [0.1, 0.15) is 0 Å². The van der Waals surface area contributed by atoms with Gasteiger partial charge in [-0.25, -0.2) is 4.79 Å². The van der Waals surface area contributed by atoms with E-state index in [1.54, 1.807) is 17.0 Å². The lowest BCUT2D eigenvalue weighted by molar-refractivity contribution is -0.120. The van der Waals surface area contributed by atoms with Crippen LogP contribution in [0.5, 0.6) is 0 Å². The number of amides is 1. The summed E-state index contributed by atoms with van der Waals surface area (Å²) >= 11 is 0. The summed E-state index contributed by atoms with van der Waals surface area (Å²) in [5.41, 5.74) is 2.06. The van der Waals surface area contributed by atoms with Crippen LogP contribution < -0.4 is 10.2 Å². The summed E-state index contributed by atoms with van der Waals surface area (Å²) in [5, 5.41) is 12.4. The highest BCUT2D eigenvalue weighted by molar-refractivity contribution is 6.00. The zero-order valence-corrected chi connectivity index (χ0v) is 12.0. The first-order chi connectivity index (χ1) is 10.2. The Morgan fingerprint density at radius 3 is 2.90 bits per heavy atom. The van der Waals surface area contributed by atoms with Crippen LogP contribution in [-0.4, -0.2) is 36.1 Å². The number of hydrogen-bond donors (Lipinski definition) is 2. The smallest absolute Gasteiger partial charge is 0.335 e. The van der Waals surface area contributed by atoms with E-state index < -0.39 is 5.97 Å². The van der Waals surface area contributed by atoms with Gasteiger partial charge in [-0.15, -0.1) is 0 Å². The topological polar surface area (TPSA) is 69.6 Å². The van der Waals surface area contributed by atoms with Gasteiger partial charge in [-0.3, -0.25) is 4.79 Å². The summed E-state index contributed by atoms with van der Waals surface area (Å²) in [4.78, 5) is 25.6. The third kappa shape index (κ3) is 2.78. The molecule has 5 heteroatoms. The molecular formula is C16H20N2O3. The van der Waals surface area contributed by atoms with Crippen molar-refractivity contribution < 1.29 is 14.7 Å². The van der Waals surface area contributed by atoms with Crippen LogP contribution in [0.2, 0.25) is 0 Å². The predicted molar refractivity (Wildman–Crippen MR) is 79.7 cm³/mol. The second-order valence-corrected chi connectivity index (χ2v) is 5.74. The average Bonchev–Trinajstić information content (AvgIpc) is 2.71. The lowest BCUT2D eigenvalue weighted by Crippen LogP contribution is -2.45. The molecule has 5 nitrogen and oxygen atoms in total. The first-order valence-corrected chi connectivity index (χ1v) is 7.58. The van der Waals surface area contributed by atoms with Crippen LogP contribution in [0.4, 0.5) is 5.69 Å². The minimum atomic E-state index is -0.954. The molecule has 1 amide bonds. The number of benzene rings is 1. The highest BCUT2D eigenvalue weighted by Gasteiger charge is 2.30. The van der Waals surface area contributed by atoms with Crippen LogP contribution in [0, 0.1) is 0 Å². The molecule has 1 aromatic rings. The van der Waals surface area contributed by atoms with E-state index in [4.69, 9.17) is 5.11 Å². The van der Waals surface area contributed by atoms with Crippen LogP contribution in [0.25, 0.3) is 0 Å². The lowest BCUT2D eigenvalue weighted by Gasteiger charge is -2.24. The van der Waals surface area contributed by atoms with E-state index in [9.17, 15) is 9.59 Å². The summed E-state index contributed by atoms with van der Waals surface area (Å²) in [6, 6.07) is 4.93. The van der Waals surface area contributed by atoms with Gasteiger partial charge in [-0.1, -0.05) is 18.9 Å². The third-order valence-corrected chi connectivity index (χ3v) is 4.35. The number of carbonyl (C=O) groups is 2.